The molecule has 0 bridgehead atoms. The number of nitrogen functional groups attached to an aromatic ring is 1. The van der Waals surface area contributed by atoms with Crippen LogP contribution in [0.15, 0.2) is 36.4 Å². The molecule has 0 aliphatic rings. The number of halogens is 1. The minimum absolute atomic E-state index is 0.0252. The highest BCUT2D eigenvalue weighted by molar-refractivity contribution is 5.52. The monoisotopic (exact) mass is 272 g/mol. The van der Waals surface area contributed by atoms with E-state index < -0.39 is 5.82 Å². The summed E-state index contributed by atoms with van der Waals surface area (Å²) in [5, 5.41) is 8.68. The van der Waals surface area contributed by atoms with Crippen LogP contribution in [0.25, 0.3) is 0 Å². The number of methoxy groups -OCH3 is 1. The Morgan fingerprint density at radius 1 is 1.20 bits per heavy atom. The number of nitrogens with zero attached hydrogens (tertiary/aromatic N) is 1. The van der Waals surface area contributed by atoms with Gasteiger partial charge in [0.25, 0.3) is 0 Å². The zero-order valence-electron chi connectivity index (χ0n) is 10.9. The van der Waals surface area contributed by atoms with Crippen LogP contribution in [0, 0.1) is 17.1 Å². The van der Waals surface area contributed by atoms with Gasteiger partial charge in [-0.15, -0.1) is 0 Å². The second-order valence-electron chi connectivity index (χ2n) is 4.12. The van der Waals surface area contributed by atoms with E-state index in [4.69, 9.17) is 20.5 Å². The maximum atomic E-state index is 13.7. The average molecular weight is 272 g/mol. The lowest BCUT2D eigenvalue weighted by atomic mass is 10.1. The number of nitrogens with two attached hydrogens (primary N) is 1. The third-order valence-corrected chi connectivity index (χ3v) is 2.75. The second-order valence-corrected chi connectivity index (χ2v) is 4.12. The third kappa shape index (κ3) is 2.98. The van der Waals surface area contributed by atoms with Crippen molar-refractivity contribution in [2.45, 2.75) is 6.61 Å². The summed E-state index contributed by atoms with van der Waals surface area (Å²) in [5.74, 6) is 0.483. The molecule has 0 aromatic heterocycles. The van der Waals surface area contributed by atoms with E-state index in [1.807, 2.05) is 6.07 Å². The smallest absolute Gasteiger partial charge is 0.163 e. The number of hydrogen-bond donors (Lipinski definition) is 1. The molecule has 0 aliphatic carbocycles. The van der Waals surface area contributed by atoms with Crippen molar-refractivity contribution in [1.29, 1.82) is 5.26 Å². The van der Waals surface area contributed by atoms with Gasteiger partial charge in [-0.1, -0.05) is 6.07 Å². The Balaban J connectivity index is 2.17. The van der Waals surface area contributed by atoms with Crippen molar-refractivity contribution in [2.24, 2.45) is 0 Å². The van der Waals surface area contributed by atoms with E-state index >= 15 is 0 Å². The summed E-state index contributed by atoms with van der Waals surface area (Å²) >= 11 is 0. The number of hydrogen-bond acceptors (Lipinski definition) is 4. The van der Waals surface area contributed by atoms with Crippen molar-refractivity contribution in [3.63, 3.8) is 0 Å². The van der Waals surface area contributed by atoms with Crippen molar-refractivity contribution in [3.8, 4) is 17.6 Å². The van der Waals surface area contributed by atoms with E-state index in [9.17, 15) is 4.39 Å². The molecule has 0 aliphatic heterocycles. The van der Waals surface area contributed by atoms with Gasteiger partial charge in [0, 0.05) is 17.3 Å². The Bertz CT molecular complexity index is 665. The zero-order valence-corrected chi connectivity index (χ0v) is 10.9. The molecule has 0 atom stereocenters. The van der Waals surface area contributed by atoms with Crippen molar-refractivity contribution in [3.05, 3.63) is 53.3 Å². The highest BCUT2D eigenvalue weighted by Gasteiger charge is 2.08. The lowest BCUT2D eigenvalue weighted by molar-refractivity contribution is 0.280. The predicted octanol–water partition coefficient (Wildman–Crippen LogP) is 2.87. The molecule has 2 N–H and O–H groups in total. The van der Waals surface area contributed by atoms with Gasteiger partial charge in [0.2, 0.25) is 0 Å². The summed E-state index contributed by atoms with van der Waals surface area (Å²) in [6.45, 7) is 0.0252. The van der Waals surface area contributed by atoms with E-state index in [2.05, 4.69) is 0 Å². The Kier molecular flexibility index (Phi) is 4.06. The van der Waals surface area contributed by atoms with Gasteiger partial charge < -0.3 is 15.2 Å². The van der Waals surface area contributed by atoms with Crippen LogP contribution in [0.1, 0.15) is 11.1 Å². The van der Waals surface area contributed by atoms with Gasteiger partial charge >= 0.3 is 0 Å². The Morgan fingerprint density at radius 2 is 2.00 bits per heavy atom. The molecule has 102 valence electrons. The van der Waals surface area contributed by atoms with Gasteiger partial charge in [-0.3, -0.25) is 0 Å². The minimum atomic E-state index is -0.480. The first-order valence-electron chi connectivity index (χ1n) is 5.89. The average Bonchev–Trinajstić information content (AvgIpc) is 2.46. The fourth-order valence-electron chi connectivity index (χ4n) is 1.70. The first kappa shape index (κ1) is 13.7. The van der Waals surface area contributed by atoms with Crippen LogP contribution < -0.4 is 15.2 Å². The molecule has 2 rings (SSSR count). The van der Waals surface area contributed by atoms with Crippen LogP contribution in [0.4, 0.5) is 10.1 Å². The number of anilines is 1. The number of ether oxygens (including phenoxy) is 2. The van der Waals surface area contributed by atoms with Gasteiger partial charge in [-0.2, -0.15) is 5.26 Å². The summed E-state index contributed by atoms with van der Waals surface area (Å²) in [6.07, 6.45) is 0. The highest BCUT2D eigenvalue weighted by atomic mass is 19.1. The largest absolute Gasteiger partial charge is 0.493 e. The first-order valence-corrected chi connectivity index (χ1v) is 5.89. The summed E-state index contributed by atoms with van der Waals surface area (Å²) in [4.78, 5) is 0. The van der Waals surface area contributed by atoms with Crippen LogP contribution >= 0.6 is 0 Å². The highest BCUT2D eigenvalue weighted by Crippen LogP contribution is 2.29. The molecule has 0 saturated carbocycles. The summed E-state index contributed by atoms with van der Waals surface area (Å²) in [5.41, 5.74) is 6.83. The van der Waals surface area contributed by atoms with E-state index in [1.54, 1.807) is 24.3 Å². The van der Waals surface area contributed by atoms with Crippen molar-refractivity contribution in [1.82, 2.24) is 0 Å². The molecule has 0 amide bonds. The molecule has 0 saturated heterocycles. The molecule has 0 radical (unpaired) electrons. The fourth-order valence-corrected chi connectivity index (χ4v) is 1.70. The molecule has 2 aromatic carbocycles. The number of nitriles is 1. The van der Waals surface area contributed by atoms with Crippen LogP contribution in [-0.4, -0.2) is 7.11 Å². The molecule has 0 fully saturated rings. The van der Waals surface area contributed by atoms with Crippen LogP contribution in [0.3, 0.4) is 0 Å². The van der Waals surface area contributed by atoms with Gasteiger partial charge in [-0.05, 0) is 24.3 Å². The maximum absolute atomic E-state index is 13.7. The molecule has 5 heteroatoms. The van der Waals surface area contributed by atoms with E-state index in [0.717, 1.165) is 0 Å². The molecule has 0 heterocycles. The number of rotatable bonds is 4. The lowest BCUT2D eigenvalue weighted by Crippen LogP contribution is -2.01. The summed E-state index contributed by atoms with van der Waals surface area (Å²) < 4.78 is 24.4. The van der Waals surface area contributed by atoms with Gasteiger partial charge in [-0.25, -0.2) is 4.39 Å². The molecule has 20 heavy (non-hydrogen) atoms. The predicted molar refractivity (Wildman–Crippen MR) is 72.9 cm³/mol. The van der Waals surface area contributed by atoms with E-state index in [1.165, 1.54) is 19.2 Å². The topological polar surface area (TPSA) is 68.3 Å². The molecule has 4 nitrogen and oxygen atoms in total. The molecule has 0 unspecified atom stereocenters. The molecular formula is C15H13FN2O2. The lowest BCUT2D eigenvalue weighted by Gasteiger charge is -2.11. The minimum Gasteiger partial charge on any atom is -0.493 e. The van der Waals surface area contributed by atoms with Crippen LogP contribution in [0.2, 0.25) is 0 Å². The molecule has 0 spiro atoms. The fraction of sp³-hybridized carbons (Fsp3) is 0.133. The van der Waals surface area contributed by atoms with Crippen LogP contribution in [0.5, 0.6) is 11.5 Å². The summed E-state index contributed by atoms with van der Waals surface area (Å²) in [6, 6.07) is 11.1. The normalized spacial score (nSPS) is 9.85. The maximum Gasteiger partial charge on any atom is 0.163 e. The second kappa shape index (κ2) is 5.93. The van der Waals surface area contributed by atoms with Crippen LogP contribution in [-0.2, 0) is 6.61 Å². The standard InChI is InChI=1S/C15H13FN2O2/c1-19-14-5-4-12(18)7-15(14)20-9-11-3-2-10(8-17)6-13(11)16/h2-7H,9,18H2,1H3. The third-order valence-electron chi connectivity index (χ3n) is 2.75. The summed E-state index contributed by atoms with van der Waals surface area (Å²) in [7, 11) is 1.51. The first-order chi connectivity index (χ1) is 9.63. The Labute approximate surface area is 116 Å². The van der Waals surface area contributed by atoms with Crippen molar-refractivity contribution in [2.75, 3.05) is 12.8 Å². The zero-order chi connectivity index (χ0) is 14.5. The molecular weight excluding hydrogens is 259 g/mol. The van der Waals surface area contributed by atoms with E-state index in [0.29, 0.717) is 22.7 Å². The SMILES string of the molecule is COc1ccc(N)cc1OCc1ccc(C#N)cc1F. The quantitative estimate of drug-likeness (QED) is 0.869. The van der Waals surface area contributed by atoms with Gasteiger partial charge in [0.15, 0.2) is 11.5 Å². The van der Waals surface area contributed by atoms with Gasteiger partial charge in [0.1, 0.15) is 12.4 Å². The van der Waals surface area contributed by atoms with Crippen molar-refractivity contribution >= 4 is 5.69 Å². The Morgan fingerprint density at radius 3 is 2.65 bits per heavy atom. The number of benzene rings is 2. The van der Waals surface area contributed by atoms with Gasteiger partial charge in [0.05, 0.1) is 18.7 Å². The van der Waals surface area contributed by atoms with Crippen molar-refractivity contribution < 1.29 is 13.9 Å². The Hall–Kier alpha value is -2.74. The van der Waals surface area contributed by atoms with E-state index in [-0.39, 0.29) is 12.2 Å². The molecule has 2 aromatic rings.